The van der Waals surface area contributed by atoms with Crippen molar-refractivity contribution in [3.8, 4) is 22.9 Å². The van der Waals surface area contributed by atoms with Gasteiger partial charge in [0.2, 0.25) is 0 Å². The Kier molecular flexibility index (Phi) is 6.21. The van der Waals surface area contributed by atoms with Gasteiger partial charge in [0.25, 0.3) is 5.56 Å². The summed E-state index contributed by atoms with van der Waals surface area (Å²) in [6.07, 6.45) is 3.66. The Morgan fingerprint density at radius 3 is 2.41 bits per heavy atom. The molecule has 0 spiro atoms. The number of fused-ring (bicyclic) bond motifs is 1. The fourth-order valence-corrected chi connectivity index (χ4v) is 3.04. The van der Waals surface area contributed by atoms with E-state index in [1.54, 1.807) is 56.6 Å². The van der Waals surface area contributed by atoms with Gasteiger partial charge in [0.05, 0.1) is 19.6 Å². The monoisotopic (exact) mass is 397 g/mol. The van der Waals surface area contributed by atoms with Crippen molar-refractivity contribution in [2.75, 3.05) is 20.8 Å². The van der Waals surface area contributed by atoms with Crippen LogP contribution in [0.4, 0.5) is 0 Å². The lowest BCUT2D eigenvalue weighted by molar-refractivity contribution is -0.0581. The van der Waals surface area contributed by atoms with Crippen molar-refractivity contribution in [2.24, 2.45) is 0 Å². The highest BCUT2D eigenvalue weighted by atomic mass is 16.6. The second-order valence-electron chi connectivity index (χ2n) is 6.23. The van der Waals surface area contributed by atoms with Crippen LogP contribution in [0.3, 0.4) is 0 Å². The van der Waals surface area contributed by atoms with Gasteiger partial charge in [-0.25, -0.2) is 0 Å². The first-order chi connectivity index (χ1) is 14.0. The third-order valence-corrected chi connectivity index (χ3v) is 4.47. The van der Waals surface area contributed by atoms with E-state index in [4.69, 9.17) is 14.2 Å². The first kappa shape index (κ1) is 20.4. The van der Waals surface area contributed by atoms with Crippen LogP contribution >= 0.6 is 0 Å². The summed E-state index contributed by atoms with van der Waals surface area (Å²) in [6.45, 7) is 2.13. The maximum absolute atomic E-state index is 13.1. The van der Waals surface area contributed by atoms with Crippen molar-refractivity contribution in [3.63, 3.8) is 0 Å². The van der Waals surface area contributed by atoms with E-state index in [1.165, 1.54) is 23.8 Å². The number of aliphatic hydroxyl groups excluding tert-OH is 1. The van der Waals surface area contributed by atoms with E-state index in [-0.39, 0.29) is 16.7 Å². The molecule has 7 nitrogen and oxygen atoms in total. The van der Waals surface area contributed by atoms with Crippen LogP contribution in [0, 0.1) is 0 Å². The fourth-order valence-electron chi connectivity index (χ4n) is 3.04. The molecule has 3 aromatic rings. The van der Waals surface area contributed by atoms with Crippen LogP contribution in [0.5, 0.6) is 17.2 Å². The molecule has 2 aromatic carbocycles. The third kappa shape index (κ3) is 4.26. The normalized spacial score (nSPS) is 12.4. The predicted octanol–water partition coefficient (Wildman–Crippen LogP) is 3.08. The van der Waals surface area contributed by atoms with E-state index in [1.807, 2.05) is 0 Å². The molecule has 152 valence electrons. The molecule has 3 rings (SSSR count). The summed E-state index contributed by atoms with van der Waals surface area (Å²) in [7, 11) is 3.04. The Morgan fingerprint density at radius 1 is 1.10 bits per heavy atom. The molecule has 0 radical (unpaired) electrons. The van der Waals surface area contributed by atoms with Gasteiger partial charge in [-0.15, -0.1) is 0 Å². The number of pyridine rings is 1. The van der Waals surface area contributed by atoms with Crippen LogP contribution in [0.25, 0.3) is 22.5 Å². The molecule has 2 N–H and O–H groups in total. The highest BCUT2D eigenvalue weighted by Crippen LogP contribution is 2.31. The van der Waals surface area contributed by atoms with Crippen molar-refractivity contribution in [3.05, 3.63) is 64.6 Å². The Hall–Kier alpha value is -3.29. The average Bonchev–Trinajstić information content (AvgIpc) is 2.73. The largest absolute Gasteiger partial charge is 0.507 e. The molecule has 0 bridgehead atoms. The molecule has 1 atom stereocenters. The summed E-state index contributed by atoms with van der Waals surface area (Å²) in [6, 6.07) is 10.0. The highest BCUT2D eigenvalue weighted by molar-refractivity contribution is 5.95. The zero-order chi connectivity index (χ0) is 21.0. The van der Waals surface area contributed by atoms with Crippen molar-refractivity contribution in [2.45, 2.75) is 13.2 Å². The Bertz CT molecular complexity index is 1090. The molecular formula is C22H23NO6. The van der Waals surface area contributed by atoms with E-state index >= 15 is 0 Å². The van der Waals surface area contributed by atoms with Crippen LogP contribution in [-0.4, -0.2) is 41.9 Å². The van der Waals surface area contributed by atoms with Gasteiger partial charge in [0.1, 0.15) is 17.2 Å². The minimum atomic E-state index is -1.09. The van der Waals surface area contributed by atoms with Gasteiger partial charge in [-0.05, 0) is 48.9 Å². The molecule has 0 fully saturated rings. The molecule has 1 heterocycles. The van der Waals surface area contributed by atoms with Gasteiger partial charge >= 0.3 is 0 Å². The van der Waals surface area contributed by atoms with Gasteiger partial charge in [0, 0.05) is 29.9 Å². The summed E-state index contributed by atoms with van der Waals surface area (Å²) in [5, 5.41) is 21.0. The first-order valence-corrected chi connectivity index (χ1v) is 9.07. The highest BCUT2D eigenvalue weighted by Gasteiger charge is 2.15. The number of methoxy groups -OCH3 is 2. The molecule has 0 amide bonds. The van der Waals surface area contributed by atoms with E-state index in [9.17, 15) is 15.0 Å². The number of aromatic nitrogens is 1. The van der Waals surface area contributed by atoms with Crippen molar-refractivity contribution in [1.29, 1.82) is 0 Å². The minimum absolute atomic E-state index is 0.148. The van der Waals surface area contributed by atoms with Gasteiger partial charge in [-0.3, -0.25) is 9.36 Å². The zero-order valence-corrected chi connectivity index (χ0v) is 16.5. The Morgan fingerprint density at radius 2 is 1.79 bits per heavy atom. The lowest BCUT2D eigenvalue weighted by Crippen LogP contribution is -2.19. The summed E-state index contributed by atoms with van der Waals surface area (Å²) in [5.74, 6) is 0.888. The molecule has 1 aromatic heterocycles. The molecule has 7 heteroatoms. The number of benzene rings is 2. The molecule has 0 saturated heterocycles. The van der Waals surface area contributed by atoms with Crippen molar-refractivity contribution in [1.82, 2.24) is 4.57 Å². The second kappa shape index (κ2) is 8.81. The van der Waals surface area contributed by atoms with Gasteiger partial charge in [-0.1, -0.05) is 6.08 Å². The number of hydrogen-bond donors (Lipinski definition) is 2. The maximum atomic E-state index is 13.1. The standard InChI is InChI=1S/C22H23NO6/c1-4-29-20(25)10-5-14-13-23(15-6-8-16(27-2)9-7-15)22(26)21-18(14)11-17(28-3)12-19(21)24/h5-13,20,24-25H,4H2,1-3H3/b10-5+. The number of ether oxygens (including phenoxy) is 3. The summed E-state index contributed by atoms with van der Waals surface area (Å²) < 4.78 is 16.9. The van der Waals surface area contributed by atoms with E-state index in [2.05, 4.69) is 0 Å². The van der Waals surface area contributed by atoms with E-state index in [0.717, 1.165) is 0 Å². The van der Waals surface area contributed by atoms with Crippen LogP contribution in [0.15, 0.2) is 53.5 Å². The second-order valence-corrected chi connectivity index (χ2v) is 6.23. The van der Waals surface area contributed by atoms with Gasteiger partial charge in [0.15, 0.2) is 6.29 Å². The van der Waals surface area contributed by atoms with Gasteiger partial charge in [-0.2, -0.15) is 0 Å². The number of aliphatic hydroxyl groups is 1. The average molecular weight is 397 g/mol. The van der Waals surface area contributed by atoms with Crippen LogP contribution in [0.2, 0.25) is 0 Å². The topological polar surface area (TPSA) is 90.2 Å². The first-order valence-electron chi connectivity index (χ1n) is 9.07. The quantitative estimate of drug-likeness (QED) is 0.596. The lowest BCUT2D eigenvalue weighted by Gasteiger charge is -2.13. The van der Waals surface area contributed by atoms with Crippen LogP contribution < -0.4 is 15.0 Å². The number of nitrogens with zero attached hydrogens (tertiary/aromatic N) is 1. The summed E-state index contributed by atoms with van der Waals surface area (Å²) >= 11 is 0. The fraction of sp³-hybridized carbons (Fsp3) is 0.227. The number of phenolic OH excluding ortho intramolecular Hbond substituents is 1. The van der Waals surface area contributed by atoms with E-state index < -0.39 is 6.29 Å². The molecule has 0 aliphatic rings. The van der Waals surface area contributed by atoms with Crippen molar-refractivity contribution >= 4 is 16.8 Å². The van der Waals surface area contributed by atoms with Gasteiger partial charge < -0.3 is 24.4 Å². The third-order valence-electron chi connectivity index (χ3n) is 4.47. The van der Waals surface area contributed by atoms with Crippen LogP contribution in [-0.2, 0) is 4.74 Å². The summed E-state index contributed by atoms with van der Waals surface area (Å²) in [4.78, 5) is 13.1. The van der Waals surface area contributed by atoms with E-state index in [0.29, 0.717) is 34.7 Å². The Balaban J connectivity index is 2.26. The number of aromatic hydroxyl groups is 1. The number of hydrogen-bond acceptors (Lipinski definition) is 6. The predicted molar refractivity (Wildman–Crippen MR) is 111 cm³/mol. The lowest BCUT2D eigenvalue weighted by atomic mass is 10.0. The molecular weight excluding hydrogens is 374 g/mol. The minimum Gasteiger partial charge on any atom is -0.507 e. The number of rotatable bonds is 7. The van der Waals surface area contributed by atoms with Crippen LogP contribution in [0.1, 0.15) is 12.5 Å². The molecule has 0 aliphatic heterocycles. The Labute approximate surface area is 168 Å². The summed E-state index contributed by atoms with van der Waals surface area (Å²) in [5.41, 5.74) is 0.823. The smallest absolute Gasteiger partial charge is 0.266 e. The molecule has 0 saturated carbocycles. The zero-order valence-electron chi connectivity index (χ0n) is 16.5. The number of phenols is 1. The van der Waals surface area contributed by atoms with Crippen molar-refractivity contribution < 1.29 is 24.4 Å². The maximum Gasteiger partial charge on any atom is 0.266 e. The molecule has 0 aliphatic carbocycles. The SMILES string of the molecule is CCOC(O)/C=C/c1cn(-c2ccc(OC)cc2)c(=O)c2c(O)cc(OC)cc12. The molecule has 29 heavy (non-hydrogen) atoms. The molecule has 1 unspecified atom stereocenters.